The van der Waals surface area contributed by atoms with Crippen molar-refractivity contribution >= 4 is 9.84 Å². The van der Waals surface area contributed by atoms with Crippen LogP contribution in [0.4, 0.5) is 0 Å². The van der Waals surface area contributed by atoms with Crippen LogP contribution in [0.1, 0.15) is 36.8 Å². The van der Waals surface area contributed by atoms with Gasteiger partial charge < -0.3 is 0 Å². The molecule has 0 aliphatic carbocycles. The Kier molecular flexibility index (Phi) is 4.86. The number of benzene rings is 1. The zero-order chi connectivity index (χ0) is 14.8. The average Bonchev–Trinajstić information content (AvgIpc) is 2.79. The zero-order valence-electron chi connectivity index (χ0n) is 12.7. The molecule has 3 nitrogen and oxygen atoms in total. The maximum Gasteiger partial charge on any atom is 0.148 e. The van der Waals surface area contributed by atoms with E-state index in [0.29, 0.717) is 18.5 Å². The SMILES string of the molecule is CC[C@H]1[C@@H](c2ccc(C)cc2)CCN1CCS(C)(=O)=O. The normalized spacial score (nSPS) is 24.1. The lowest BCUT2D eigenvalue weighted by Gasteiger charge is -2.27. The molecule has 1 aromatic carbocycles. The van der Waals surface area contributed by atoms with Gasteiger partial charge in [-0.05, 0) is 31.9 Å². The second kappa shape index (κ2) is 6.27. The van der Waals surface area contributed by atoms with E-state index in [2.05, 4.69) is 43.0 Å². The maximum atomic E-state index is 11.3. The fourth-order valence-corrected chi connectivity index (χ4v) is 3.79. The van der Waals surface area contributed by atoms with Gasteiger partial charge in [0.05, 0.1) is 5.75 Å². The second-order valence-electron chi connectivity index (χ2n) is 5.95. The molecule has 0 radical (unpaired) electrons. The van der Waals surface area contributed by atoms with Gasteiger partial charge in [-0.2, -0.15) is 0 Å². The molecule has 1 aliphatic rings. The summed E-state index contributed by atoms with van der Waals surface area (Å²) >= 11 is 0. The van der Waals surface area contributed by atoms with Crippen LogP contribution in [0, 0.1) is 6.92 Å². The van der Waals surface area contributed by atoms with E-state index in [0.717, 1.165) is 19.4 Å². The van der Waals surface area contributed by atoms with Gasteiger partial charge in [0, 0.05) is 24.8 Å². The second-order valence-corrected chi connectivity index (χ2v) is 8.21. The minimum Gasteiger partial charge on any atom is -0.299 e. The third-order valence-electron chi connectivity index (χ3n) is 4.33. The Morgan fingerprint density at radius 2 is 1.90 bits per heavy atom. The fourth-order valence-electron chi connectivity index (χ4n) is 3.22. The van der Waals surface area contributed by atoms with Gasteiger partial charge in [-0.3, -0.25) is 4.90 Å². The smallest absolute Gasteiger partial charge is 0.148 e. The molecule has 0 bridgehead atoms. The lowest BCUT2D eigenvalue weighted by molar-refractivity contribution is 0.251. The number of hydrogen-bond acceptors (Lipinski definition) is 3. The lowest BCUT2D eigenvalue weighted by atomic mass is 9.90. The molecule has 1 aliphatic heterocycles. The molecule has 1 saturated heterocycles. The zero-order valence-corrected chi connectivity index (χ0v) is 13.5. The summed E-state index contributed by atoms with van der Waals surface area (Å²) < 4.78 is 22.7. The monoisotopic (exact) mass is 295 g/mol. The van der Waals surface area contributed by atoms with Crippen LogP contribution in [0.25, 0.3) is 0 Å². The van der Waals surface area contributed by atoms with Gasteiger partial charge in [0.25, 0.3) is 0 Å². The number of nitrogens with zero attached hydrogens (tertiary/aromatic N) is 1. The predicted molar refractivity (Wildman–Crippen MR) is 83.9 cm³/mol. The molecular formula is C16H25NO2S. The molecule has 0 unspecified atom stereocenters. The van der Waals surface area contributed by atoms with E-state index in [9.17, 15) is 8.42 Å². The predicted octanol–water partition coefficient (Wildman–Crippen LogP) is 2.61. The quantitative estimate of drug-likeness (QED) is 0.838. The number of sulfone groups is 1. The Hall–Kier alpha value is -0.870. The van der Waals surface area contributed by atoms with Crippen molar-refractivity contribution in [2.45, 2.75) is 38.6 Å². The summed E-state index contributed by atoms with van der Waals surface area (Å²) in [7, 11) is -2.87. The van der Waals surface area contributed by atoms with Crippen LogP contribution in [0.2, 0.25) is 0 Å². The van der Waals surface area contributed by atoms with Crippen LogP contribution in [-0.4, -0.2) is 44.5 Å². The van der Waals surface area contributed by atoms with Crippen molar-refractivity contribution in [3.8, 4) is 0 Å². The van der Waals surface area contributed by atoms with Crippen LogP contribution < -0.4 is 0 Å². The van der Waals surface area contributed by atoms with Crippen LogP contribution in [0.3, 0.4) is 0 Å². The van der Waals surface area contributed by atoms with Crippen molar-refractivity contribution in [3.63, 3.8) is 0 Å². The molecule has 112 valence electrons. The summed E-state index contributed by atoms with van der Waals surface area (Å²) in [6.45, 7) is 5.98. The highest BCUT2D eigenvalue weighted by Crippen LogP contribution is 2.35. The summed E-state index contributed by atoms with van der Waals surface area (Å²) in [5.41, 5.74) is 2.68. The van der Waals surface area contributed by atoms with Crippen LogP contribution in [-0.2, 0) is 9.84 Å². The molecule has 1 fully saturated rings. The first-order valence-electron chi connectivity index (χ1n) is 7.39. The van der Waals surface area contributed by atoms with Crippen LogP contribution in [0.5, 0.6) is 0 Å². The third kappa shape index (κ3) is 3.83. The number of rotatable bonds is 5. The third-order valence-corrected chi connectivity index (χ3v) is 5.26. The molecule has 0 N–H and O–H groups in total. The topological polar surface area (TPSA) is 37.4 Å². The fraction of sp³-hybridized carbons (Fsp3) is 0.625. The van der Waals surface area contributed by atoms with Crippen molar-refractivity contribution in [3.05, 3.63) is 35.4 Å². The van der Waals surface area contributed by atoms with E-state index in [1.165, 1.54) is 17.4 Å². The summed E-state index contributed by atoms with van der Waals surface area (Å²) in [6, 6.07) is 9.26. The molecular weight excluding hydrogens is 270 g/mol. The van der Waals surface area contributed by atoms with Crippen LogP contribution >= 0.6 is 0 Å². The van der Waals surface area contributed by atoms with E-state index < -0.39 is 9.84 Å². The van der Waals surface area contributed by atoms with E-state index in [1.807, 2.05) is 0 Å². The van der Waals surface area contributed by atoms with Crippen molar-refractivity contribution < 1.29 is 8.42 Å². The average molecular weight is 295 g/mol. The van der Waals surface area contributed by atoms with Gasteiger partial charge >= 0.3 is 0 Å². The van der Waals surface area contributed by atoms with Gasteiger partial charge in [0.1, 0.15) is 9.84 Å². The van der Waals surface area contributed by atoms with Crippen molar-refractivity contribution in [2.75, 3.05) is 25.1 Å². The van der Waals surface area contributed by atoms with Crippen molar-refractivity contribution in [2.24, 2.45) is 0 Å². The molecule has 20 heavy (non-hydrogen) atoms. The van der Waals surface area contributed by atoms with E-state index in [1.54, 1.807) is 0 Å². The summed E-state index contributed by atoms with van der Waals surface area (Å²) in [5.74, 6) is 0.810. The van der Waals surface area contributed by atoms with Crippen molar-refractivity contribution in [1.29, 1.82) is 0 Å². The van der Waals surface area contributed by atoms with Gasteiger partial charge in [-0.1, -0.05) is 36.8 Å². The largest absolute Gasteiger partial charge is 0.299 e. The summed E-state index contributed by atoms with van der Waals surface area (Å²) in [5, 5.41) is 0. The molecule has 1 heterocycles. The molecule has 2 atom stereocenters. The molecule has 4 heteroatoms. The minimum absolute atomic E-state index is 0.268. The van der Waals surface area contributed by atoms with Gasteiger partial charge in [0.2, 0.25) is 0 Å². The Morgan fingerprint density at radius 1 is 1.25 bits per heavy atom. The standard InChI is InChI=1S/C16H25NO2S/c1-4-16-15(14-7-5-13(2)6-8-14)9-10-17(16)11-12-20(3,18)19/h5-8,15-16H,4,9-12H2,1-3H3/t15-,16+/m1/s1. The van der Waals surface area contributed by atoms with E-state index >= 15 is 0 Å². The molecule has 0 spiro atoms. The van der Waals surface area contributed by atoms with Crippen LogP contribution in [0.15, 0.2) is 24.3 Å². The van der Waals surface area contributed by atoms with Crippen molar-refractivity contribution in [1.82, 2.24) is 4.90 Å². The van der Waals surface area contributed by atoms with Gasteiger partial charge in [-0.25, -0.2) is 8.42 Å². The van der Waals surface area contributed by atoms with Gasteiger partial charge in [0.15, 0.2) is 0 Å². The van der Waals surface area contributed by atoms with E-state index in [4.69, 9.17) is 0 Å². The van der Waals surface area contributed by atoms with Gasteiger partial charge in [-0.15, -0.1) is 0 Å². The number of hydrogen-bond donors (Lipinski definition) is 0. The lowest BCUT2D eigenvalue weighted by Crippen LogP contribution is -2.35. The Labute approximate surface area is 122 Å². The first-order valence-corrected chi connectivity index (χ1v) is 9.45. The highest BCUT2D eigenvalue weighted by molar-refractivity contribution is 7.90. The molecule has 2 rings (SSSR count). The highest BCUT2D eigenvalue weighted by Gasteiger charge is 2.33. The number of aryl methyl sites for hydroxylation is 1. The molecule has 0 saturated carbocycles. The summed E-state index contributed by atoms with van der Waals surface area (Å²) in [6.07, 6.45) is 3.52. The molecule has 0 amide bonds. The Morgan fingerprint density at radius 3 is 2.45 bits per heavy atom. The molecule has 1 aromatic rings. The summed E-state index contributed by atoms with van der Waals surface area (Å²) in [4.78, 5) is 2.35. The Bertz CT molecular complexity index is 536. The minimum atomic E-state index is -2.87. The first-order chi connectivity index (χ1) is 9.40. The number of likely N-dealkylation sites (tertiary alicyclic amines) is 1. The maximum absolute atomic E-state index is 11.3. The van der Waals surface area contributed by atoms with E-state index in [-0.39, 0.29) is 5.75 Å². The first kappa shape index (κ1) is 15.5. The Balaban J connectivity index is 2.07. The molecule has 0 aromatic heterocycles. The highest BCUT2D eigenvalue weighted by atomic mass is 32.2.